The summed E-state index contributed by atoms with van der Waals surface area (Å²) in [7, 11) is 0. The molecule has 0 aliphatic carbocycles. The van der Waals surface area contributed by atoms with Gasteiger partial charge in [-0.1, -0.05) is 18.2 Å². The first-order valence-electron chi connectivity index (χ1n) is 6.66. The predicted octanol–water partition coefficient (Wildman–Crippen LogP) is -2.25. The van der Waals surface area contributed by atoms with Crippen LogP contribution in [0.5, 0.6) is 0 Å². The minimum Gasteiger partial charge on any atom is -0.550 e. The van der Waals surface area contributed by atoms with Gasteiger partial charge in [-0.3, -0.25) is 4.79 Å². The number of esters is 2. The molecule has 0 fully saturated rings. The quantitative estimate of drug-likeness (QED) is 0.335. The normalized spacial score (nSPS) is 17.0. The van der Waals surface area contributed by atoms with E-state index in [-0.39, 0.29) is 41.6 Å². The molecule has 0 radical (unpaired) electrons. The van der Waals surface area contributed by atoms with Crippen molar-refractivity contribution < 1.29 is 58.5 Å². The molecule has 0 saturated heterocycles. The van der Waals surface area contributed by atoms with Gasteiger partial charge < -0.3 is 19.4 Å². The van der Waals surface area contributed by atoms with Crippen molar-refractivity contribution in [2.45, 2.75) is 38.4 Å². The molecule has 0 bridgehead atoms. The number of fused-ring (bicyclic) bond motifs is 1. The Morgan fingerprint density at radius 2 is 2.05 bits per heavy atom. The van der Waals surface area contributed by atoms with Gasteiger partial charge in [-0.2, -0.15) is 0 Å². The molecule has 2 atom stereocenters. The second-order valence-electron chi connectivity index (χ2n) is 4.91. The predicted molar refractivity (Wildman–Crippen MR) is 69.0 cm³/mol. The number of carboxylic acid groups (broad SMARTS) is 1. The van der Waals surface area contributed by atoms with E-state index in [1.165, 1.54) is 0 Å². The molecule has 112 valence electrons. The number of rotatable bonds is 6. The monoisotopic (exact) mass is 314 g/mol. The topological polar surface area (TPSA) is 92.7 Å². The summed E-state index contributed by atoms with van der Waals surface area (Å²) < 4.78 is 10.2. The molecule has 2 rings (SSSR count). The van der Waals surface area contributed by atoms with Crippen LogP contribution in [0.4, 0.5) is 0 Å². The van der Waals surface area contributed by atoms with Crippen LogP contribution in [0.2, 0.25) is 0 Å². The molecule has 1 aromatic rings. The van der Waals surface area contributed by atoms with Crippen molar-refractivity contribution in [3.63, 3.8) is 0 Å². The van der Waals surface area contributed by atoms with E-state index < -0.39 is 24.5 Å². The van der Waals surface area contributed by atoms with E-state index in [4.69, 9.17) is 9.47 Å². The molecule has 0 N–H and O–H groups in total. The van der Waals surface area contributed by atoms with E-state index in [1.54, 1.807) is 19.1 Å². The first-order chi connectivity index (χ1) is 9.97. The van der Waals surface area contributed by atoms with E-state index in [1.807, 2.05) is 12.1 Å². The molecule has 0 spiro atoms. The Kier molecular flexibility index (Phi) is 7.06. The second kappa shape index (κ2) is 8.31. The van der Waals surface area contributed by atoms with Crippen LogP contribution in [0.15, 0.2) is 24.3 Å². The molecular weight excluding hydrogens is 299 g/mol. The Balaban J connectivity index is 0.00000242. The summed E-state index contributed by atoms with van der Waals surface area (Å²) in [4.78, 5) is 33.1. The van der Waals surface area contributed by atoms with Crippen molar-refractivity contribution in [2.24, 2.45) is 0 Å². The zero-order valence-corrected chi connectivity index (χ0v) is 14.5. The van der Waals surface area contributed by atoms with Crippen LogP contribution in [0.3, 0.4) is 0 Å². The van der Waals surface area contributed by atoms with E-state index in [0.717, 1.165) is 5.56 Å². The number of carbonyl (C=O) groups excluding carboxylic acids is 3. The fourth-order valence-corrected chi connectivity index (χ4v) is 2.26. The van der Waals surface area contributed by atoms with Crippen LogP contribution in [-0.2, 0) is 19.1 Å². The van der Waals surface area contributed by atoms with Crippen LogP contribution in [0, 0.1) is 0 Å². The van der Waals surface area contributed by atoms with Gasteiger partial charge in [-0.05, 0) is 25.8 Å². The van der Waals surface area contributed by atoms with Gasteiger partial charge in [-0.25, -0.2) is 4.79 Å². The van der Waals surface area contributed by atoms with Gasteiger partial charge in [0.1, 0.15) is 6.10 Å². The summed E-state index contributed by atoms with van der Waals surface area (Å²) in [5.74, 6) is -2.64. The van der Waals surface area contributed by atoms with Gasteiger partial charge in [0, 0.05) is 5.56 Å². The van der Waals surface area contributed by atoms with Crippen LogP contribution in [-0.4, -0.2) is 24.0 Å². The molecule has 22 heavy (non-hydrogen) atoms. The van der Waals surface area contributed by atoms with Crippen molar-refractivity contribution in [3.05, 3.63) is 35.4 Å². The molecule has 1 unspecified atom stereocenters. The second-order valence-corrected chi connectivity index (χ2v) is 4.91. The average molecular weight is 314 g/mol. The standard InChI is InChI=1S/C15H16O6.Na/c1-9(20-14(18)8-13(16)17)6-7-12-10-4-2-3-5-11(10)15(19)21-12;/h2-5,9,12H,6-8H2,1H3,(H,16,17);/q;+1/p-1/t9?,12-;/m0./s1. The SMILES string of the molecule is CC(CC[C@@H]1OC(=O)c2ccccc21)OC(=O)CC(=O)[O-].[Na+]. The van der Waals surface area contributed by atoms with Crippen molar-refractivity contribution in [3.8, 4) is 0 Å². The summed E-state index contributed by atoms with van der Waals surface area (Å²) in [6.07, 6.45) is -0.599. The molecular formula is C15H15NaO6. The third-order valence-electron chi connectivity index (χ3n) is 3.23. The Morgan fingerprint density at radius 3 is 2.73 bits per heavy atom. The number of carbonyl (C=O) groups is 3. The summed E-state index contributed by atoms with van der Waals surface area (Å²) in [5.41, 5.74) is 1.39. The Bertz CT molecular complexity index is 571. The molecule has 0 saturated carbocycles. The van der Waals surface area contributed by atoms with E-state index in [0.29, 0.717) is 18.4 Å². The molecule has 6 nitrogen and oxygen atoms in total. The number of hydrogen-bond acceptors (Lipinski definition) is 6. The van der Waals surface area contributed by atoms with Gasteiger partial charge >= 0.3 is 41.5 Å². The van der Waals surface area contributed by atoms with E-state index >= 15 is 0 Å². The van der Waals surface area contributed by atoms with Crippen molar-refractivity contribution in [1.29, 1.82) is 0 Å². The summed E-state index contributed by atoms with van der Waals surface area (Å²) in [6.45, 7) is 1.66. The number of cyclic esters (lactones) is 1. The Hall–Kier alpha value is -1.37. The molecule has 1 aliphatic rings. The smallest absolute Gasteiger partial charge is 0.550 e. The van der Waals surface area contributed by atoms with Crippen LogP contribution < -0.4 is 34.7 Å². The molecule has 1 aliphatic heterocycles. The van der Waals surface area contributed by atoms with Gasteiger partial charge in [0.15, 0.2) is 0 Å². The molecule has 0 aromatic heterocycles. The summed E-state index contributed by atoms with van der Waals surface area (Å²) in [5, 5.41) is 10.3. The summed E-state index contributed by atoms with van der Waals surface area (Å²) >= 11 is 0. The van der Waals surface area contributed by atoms with Crippen LogP contribution >= 0.6 is 0 Å². The maximum absolute atomic E-state index is 11.6. The Labute approximate surface area is 150 Å². The van der Waals surface area contributed by atoms with Crippen molar-refractivity contribution in [1.82, 2.24) is 0 Å². The molecule has 0 amide bonds. The van der Waals surface area contributed by atoms with E-state index in [9.17, 15) is 19.5 Å². The minimum atomic E-state index is -1.47. The zero-order valence-electron chi connectivity index (χ0n) is 12.5. The maximum atomic E-state index is 11.6. The third-order valence-corrected chi connectivity index (χ3v) is 3.23. The first-order valence-corrected chi connectivity index (χ1v) is 6.66. The number of benzene rings is 1. The number of hydrogen-bond donors (Lipinski definition) is 0. The van der Waals surface area contributed by atoms with Gasteiger partial charge in [0.05, 0.1) is 24.1 Å². The van der Waals surface area contributed by atoms with Gasteiger partial charge in [-0.15, -0.1) is 0 Å². The molecule has 1 aromatic carbocycles. The molecule has 7 heteroatoms. The van der Waals surface area contributed by atoms with Crippen molar-refractivity contribution in [2.75, 3.05) is 0 Å². The minimum absolute atomic E-state index is 0. The van der Waals surface area contributed by atoms with Crippen LogP contribution in [0.1, 0.15) is 48.2 Å². The largest absolute Gasteiger partial charge is 1.00 e. The fraction of sp³-hybridized carbons (Fsp3) is 0.400. The summed E-state index contributed by atoms with van der Waals surface area (Å²) in [6, 6.07) is 7.14. The maximum Gasteiger partial charge on any atom is 1.00 e. The molecule has 1 heterocycles. The fourth-order valence-electron chi connectivity index (χ4n) is 2.26. The number of carboxylic acids is 1. The number of aliphatic carboxylic acids is 1. The van der Waals surface area contributed by atoms with E-state index in [2.05, 4.69) is 0 Å². The zero-order chi connectivity index (χ0) is 15.4. The van der Waals surface area contributed by atoms with Crippen LogP contribution in [0.25, 0.3) is 0 Å². The first kappa shape index (κ1) is 18.7. The van der Waals surface area contributed by atoms with Gasteiger partial charge in [0.2, 0.25) is 0 Å². The third kappa shape index (κ3) is 4.83. The number of ether oxygens (including phenoxy) is 2. The average Bonchev–Trinajstić information content (AvgIpc) is 2.73. The van der Waals surface area contributed by atoms with Gasteiger partial charge in [0.25, 0.3) is 0 Å². The Morgan fingerprint density at radius 1 is 1.36 bits per heavy atom. The van der Waals surface area contributed by atoms with Crippen molar-refractivity contribution >= 4 is 17.9 Å².